The molecule has 3 aromatic heterocycles. The van der Waals surface area contributed by atoms with Crippen LogP contribution in [0.1, 0.15) is 11.3 Å². The zero-order chi connectivity index (χ0) is 21.2. The van der Waals surface area contributed by atoms with Crippen LogP contribution in [-0.2, 0) is 18.0 Å². The molecule has 2 aromatic carbocycles. The molecule has 0 atom stereocenters. The summed E-state index contributed by atoms with van der Waals surface area (Å²) in [5.74, 6) is 0. The van der Waals surface area contributed by atoms with E-state index in [9.17, 15) is 0 Å². The van der Waals surface area contributed by atoms with Gasteiger partial charge in [0.25, 0.3) is 0 Å². The van der Waals surface area contributed by atoms with E-state index >= 15 is 0 Å². The molecule has 5 rings (SSSR count). The number of nitrogens with zero attached hydrogens (tertiary/aromatic N) is 5. The fourth-order valence-corrected chi connectivity index (χ4v) is 4.12. The normalized spacial score (nSPS) is 11.8. The highest BCUT2D eigenvalue weighted by atomic mass is 16.5. The van der Waals surface area contributed by atoms with E-state index in [2.05, 4.69) is 74.2 Å². The van der Waals surface area contributed by atoms with Crippen LogP contribution in [0.2, 0.25) is 0 Å². The van der Waals surface area contributed by atoms with E-state index in [1.54, 1.807) is 12.7 Å². The quantitative estimate of drug-likeness (QED) is 0.391. The van der Waals surface area contributed by atoms with Gasteiger partial charge in [-0.05, 0) is 31.5 Å². The number of hydrogen-bond donors (Lipinski definition) is 1. The van der Waals surface area contributed by atoms with Crippen LogP contribution in [0.4, 0.5) is 0 Å². The number of nitrogens with one attached hydrogen (secondary N) is 1. The predicted octanol–water partition coefficient (Wildman–Crippen LogP) is 3.81. The van der Waals surface area contributed by atoms with Gasteiger partial charge < -0.3 is 14.6 Å². The monoisotopic (exact) mass is 414 g/mol. The molecular weight excluding hydrogens is 388 g/mol. The lowest BCUT2D eigenvalue weighted by atomic mass is 10.1. The summed E-state index contributed by atoms with van der Waals surface area (Å²) in [6.45, 7) is 7.72. The first kappa shape index (κ1) is 19.7. The number of ether oxygens (including phenoxy) is 1. The summed E-state index contributed by atoms with van der Waals surface area (Å²) in [6.07, 6.45) is 3.32. The molecule has 0 bridgehead atoms. The molecule has 7 heteroatoms. The zero-order valence-electron chi connectivity index (χ0n) is 17.9. The van der Waals surface area contributed by atoms with Gasteiger partial charge in [0.2, 0.25) is 0 Å². The van der Waals surface area contributed by atoms with E-state index in [0.29, 0.717) is 13.3 Å². The molecule has 1 N–H and O–H groups in total. The second-order valence-electron chi connectivity index (χ2n) is 7.82. The minimum absolute atomic E-state index is 0.431. The van der Waals surface area contributed by atoms with Crippen molar-refractivity contribution >= 4 is 33.0 Å². The molecule has 0 saturated heterocycles. The Morgan fingerprint density at radius 1 is 0.935 bits per heavy atom. The summed E-state index contributed by atoms with van der Waals surface area (Å²) in [5.41, 5.74) is 6.37. The Bertz CT molecular complexity index is 1350. The highest BCUT2D eigenvalue weighted by Gasteiger charge is 2.10. The number of benzene rings is 2. The van der Waals surface area contributed by atoms with Crippen LogP contribution in [0.5, 0.6) is 0 Å². The number of rotatable bonds is 8. The molecule has 0 aliphatic rings. The van der Waals surface area contributed by atoms with Gasteiger partial charge in [-0.2, -0.15) is 0 Å². The molecule has 0 fully saturated rings. The number of para-hydroxylation sites is 1. The standard InChI is InChI=1S/C24H26N6O/c1-17-7-8-20-19-5-3-4-6-21(19)30(22(20)13-17)11-9-25-10-12-31-16-29-15-28-23-18(2)26-14-27-24(23)29/h3-8,13-15,25H,9-12,16H2,1-2H3. The second kappa shape index (κ2) is 8.45. The Kier molecular flexibility index (Phi) is 5.36. The van der Waals surface area contributed by atoms with Crippen LogP contribution in [-0.4, -0.2) is 43.8 Å². The molecule has 0 saturated carbocycles. The molecule has 0 spiro atoms. The summed E-state index contributed by atoms with van der Waals surface area (Å²) in [5, 5.41) is 6.13. The van der Waals surface area contributed by atoms with Crippen molar-refractivity contribution < 1.29 is 4.74 Å². The highest BCUT2D eigenvalue weighted by molar-refractivity contribution is 6.08. The molecule has 0 radical (unpaired) electrons. The molecule has 158 valence electrons. The molecule has 0 amide bonds. The van der Waals surface area contributed by atoms with Crippen molar-refractivity contribution in [2.75, 3.05) is 19.7 Å². The maximum absolute atomic E-state index is 5.81. The third-order valence-corrected chi connectivity index (χ3v) is 5.68. The van der Waals surface area contributed by atoms with Crippen molar-refractivity contribution in [2.45, 2.75) is 27.1 Å². The first-order valence-corrected chi connectivity index (χ1v) is 10.6. The van der Waals surface area contributed by atoms with Crippen LogP contribution in [0.25, 0.3) is 33.0 Å². The third kappa shape index (κ3) is 3.78. The summed E-state index contributed by atoms with van der Waals surface area (Å²) in [6, 6.07) is 15.3. The Balaban J connectivity index is 1.16. The van der Waals surface area contributed by atoms with Crippen molar-refractivity contribution in [3.63, 3.8) is 0 Å². The van der Waals surface area contributed by atoms with E-state index < -0.39 is 0 Å². The molecule has 7 nitrogen and oxygen atoms in total. The largest absolute Gasteiger partial charge is 0.359 e. The smallest absolute Gasteiger partial charge is 0.165 e. The van der Waals surface area contributed by atoms with Crippen molar-refractivity contribution in [3.8, 4) is 0 Å². The summed E-state index contributed by atoms with van der Waals surface area (Å²) < 4.78 is 10.1. The number of imidazole rings is 1. The minimum Gasteiger partial charge on any atom is -0.359 e. The van der Waals surface area contributed by atoms with Crippen LogP contribution in [0.3, 0.4) is 0 Å². The third-order valence-electron chi connectivity index (χ3n) is 5.68. The van der Waals surface area contributed by atoms with Gasteiger partial charge in [-0.1, -0.05) is 30.3 Å². The topological polar surface area (TPSA) is 69.8 Å². The highest BCUT2D eigenvalue weighted by Crippen LogP contribution is 2.29. The van der Waals surface area contributed by atoms with Crippen molar-refractivity contribution in [1.82, 2.24) is 29.4 Å². The number of hydrogen-bond acceptors (Lipinski definition) is 5. The van der Waals surface area contributed by atoms with Gasteiger partial charge in [-0.25, -0.2) is 15.0 Å². The molecule has 0 aliphatic carbocycles. The minimum atomic E-state index is 0.431. The van der Waals surface area contributed by atoms with Gasteiger partial charge in [0, 0.05) is 41.4 Å². The lowest BCUT2D eigenvalue weighted by molar-refractivity contribution is 0.0811. The van der Waals surface area contributed by atoms with Crippen LogP contribution in [0, 0.1) is 13.8 Å². The van der Waals surface area contributed by atoms with Crippen molar-refractivity contribution in [2.24, 2.45) is 0 Å². The van der Waals surface area contributed by atoms with Gasteiger partial charge in [0.1, 0.15) is 18.6 Å². The fraction of sp³-hybridized carbons (Fsp3) is 0.292. The van der Waals surface area contributed by atoms with E-state index in [1.165, 1.54) is 27.4 Å². The first-order valence-electron chi connectivity index (χ1n) is 10.6. The van der Waals surface area contributed by atoms with Gasteiger partial charge in [0.15, 0.2) is 5.65 Å². The van der Waals surface area contributed by atoms with Crippen molar-refractivity contribution in [1.29, 1.82) is 0 Å². The molecule has 5 aromatic rings. The Hall–Kier alpha value is -3.29. The van der Waals surface area contributed by atoms with E-state index in [-0.39, 0.29) is 0 Å². The van der Waals surface area contributed by atoms with Gasteiger partial charge in [-0.15, -0.1) is 0 Å². The Labute approximate surface area is 180 Å². The van der Waals surface area contributed by atoms with Gasteiger partial charge in [0.05, 0.1) is 18.6 Å². The molecule has 3 heterocycles. The predicted molar refractivity (Wildman–Crippen MR) is 123 cm³/mol. The van der Waals surface area contributed by atoms with Crippen LogP contribution >= 0.6 is 0 Å². The number of aromatic nitrogens is 5. The summed E-state index contributed by atoms with van der Waals surface area (Å²) in [4.78, 5) is 12.9. The van der Waals surface area contributed by atoms with Crippen LogP contribution < -0.4 is 5.32 Å². The fourth-order valence-electron chi connectivity index (χ4n) is 4.12. The Morgan fingerprint density at radius 3 is 2.74 bits per heavy atom. The molecule has 0 unspecified atom stereocenters. The van der Waals surface area contributed by atoms with E-state index in [4.69, 9.17) is 4.74 Å². The lowest BCUT2D eigenvalue weighted by Crippen LogP contribution is -2.24. The average Bonchev–Trinajstić information content (AvgIpc) is 3.33. The van der Waals surface area contributed by atoms with E-state index in [1.807, 2.05) is 11.5 Å². The maximum atomic E-state index is 5.81. The summed E-state index contributed by atoms with van der Waals surface area (Å²) in [7, 11) is 0. The molecule has 0 aliphatic heterocycles. The maximum Gasteiger partial charge on any atom is 0.165 e. The van der Waals surface area contributed by atoms with Crippen LogP contribution in [0.15, 0.2) is 55.1 Å². The molecular formula is C24H26N6O. The van der Waals surface area contributed by atoms with Crippen molar-refractivity contribution in [3.05, 3.63) is 66.4 Å². The first-order chi connectivity index (χ1) is 15.2. The lowest BCUT2D eigenvalue weighted by Gasteiger charge is -2.10. The second-order valence-corrected chi connectivity index (χ2v) is 7.82. The average molecular weight is 415 g/mol. The number of fused-ring (bicyclic) bond motifs is 4. The Morgan fingerprint density at radius 2 is 1.81 bits per heavy atom. The SMILES string of the molecule is Cc1ccc2c3ccccc3n(CCNCCOCn3cnc4c(C)ncnc43)c2c1. The summed E-state index contributed by atoms with van der Waals surface area (Å²) >= 11 is 0. The number of aryl methyl sites for hydroxylation is 2. The zero-order valence-corrected chi connectivity index (χ0v) is 17.9. The van der Waals surface area contributed by atoms with Gasteiger partial charge in [-0.3, -0.25) is 4.57 Å². The molecule has 31 heavy (non-hydrogen) atoms. The van der Waals surface area contributed by atoms with E-state index in [0.717, 1.165) is 36.5 Å². The van der Waals surface area contributed by atoms with Gasteiger partial charge >= 0.3 is 0 Å².